The van der Waals surface area contributed by atoms with Crippen molar-refractivity contribution >= 4 is 18.3 Å². The maximum Gasteiger partial charge on any atom is 0.227 e. The van der Waals surface area contributed by atoms with Crippen LogP contribution in [0.1, 0.15) is 18.9 Å². The summed E-state index contributed by atoms with van der Waals surface area (Å²) in [5.41, 5.74) is 7.67. The number of hydrogen-bond donors (Lipinski definition) is 1. The van der Waals surface area contributed by atoms with Gasteiger partial charge in [0.05, 0.1) is 18.3 Å². The molecule has 2 aromatic rings. The molecule has 1 aliphatic rings. The number of benzene rings is 1. The molecule has 0 bridgehead atoms. The van der Waals surface area contributed by atoms with Crippen molar-refractivity contribution in [3.05, 3.63) is 48.3 Å². The van der Waals surface area contributed by atoms with Gasteiger partial charge in [-0.1, -0.05) is 18.2 Å². The summed E-state index contributed by atoms with van der Waals surface area (Å²) in [5, 5.41) is 4.34. The van der Waals surface area contributed by atoms with Gasteiger partial charge in [0.25, 0.3) is 0 Å². The lowest BCUT2D eigenvalue weighted by Gasteiger charge is -2.21. The molecule has 5 nitrogen and oxygen atoms in total. The number of carbonyl (C=O) groups excluding carboxylic acids is 1. The van der Waals surface area contributed by atoms with Crippen LogP contribution in [0.15, 0.2) is 42.7 Å². The Bertz CT molecular complexity index is 643. The molecule has 2 atom stereocenters. The van der Waals surface area contributed by atoms with Crippen LogP contribution in [0.3, 0.4) is 0 Å². The van der Waals surface area contributed by atoms with Crippen molar-refractivity contribution < 1.29 is 4.79 Å². The van der Waals surface area contributed by atoms with Gasteiger partial charge in [0.15, 0.2) is 0 Å². The fourth-order valence-corrected chi connectivity index (χ4v) is 3.11. The average molecular weight is 335 g/mol. The Morgan fingerprint density at radius 2 is 2.09 bits per heavy atom. The van der Waals surface area contributed by atoms with Crippen LogP contribution in [0.25, 0.3) is 5.69 Å². The Hall–Kier alpha value is -1.85. The molecule has 1 aromatic carbocycles. The summed E-state index contributed by atoms with van der Waals surface area (Å²) >= 11 is 0. The van der Waals surface area contributed by atoms with Crippen LogP contribution < -0.4 is 5.73 Å². The Labute approximate surface area is 142 Å². The first-order valence-corrected chi connectivity index (χ1v) is 7.76. The van der Waals surface area contributed by atoms with E-state index in [1.165, 1.54) is 0 Å². The molecule has 0 spiro atoms. The van der Waals surface area contributed by atoms with Crippen molar-refractivity contribution in [3.8, 4) is 5.69 Å². The van der Waals surface area contributed by atoms with Crippen molar-refractivity contribution in [1.29, 1.82) is 0 Å². The highest BCUT2D eigenvalue weighted by Gasteiger charge is 2.31. The lowest BCUT2D eigenvalue weighted by molar-refractivity contribution is -0.131. The van der Waals surface area contributed by atoms with Crippen molar-refractivity contribution in [1.82, 2.24) is 14.7 Å². The second kappa shape index (κ2) is 7.62. The molecule has 1 aliphatic heterocycles. The second-order valence-corrected chi connectivity index (χ2v) is 6.04. The van der Waals surface area contributed by atoms with Gasteiger partial charge in [0, 0.05) is 18.8 Å². The molecule has 1 fully saturated rings. The van der Waals surface area contributed by atoms with Gasteiger partial charge in [0.1, 0.15) is 0 Å². The van der Waals surface area contributed by atoms with E-state index < -0.39 is 0 Å². The summed E-state index contributed by atoms with van der Waals surface area (Å²) in [4.78, 5) is 14.4. The van der Waals surface area contributed by atoms with Crippen LogP contribution in [0.4, 0.5) is 0 Å². The van der Waals surface area contributed by atoms with Gasteiger partial charge in [-0.2, -0.15) is 5.10 Å². The van der Waals surface area contributed by atoms with Crippen LogP contribution in [-0.2, 0) is 11.2 Å². The minimum atomic E-state index is 0. The normalized spacial score (nSPS) is 20.3. The number of hydrogen-bond acceptors (Lipinski definition) is 3. The molecule has 1 saturated heterocycles. The molecule has 2 N–H and O–H groups in total. The number of rotatable bonds is 4. The number of likely N-dealkylation sites (tertiary alicyclic amines) is 1. The predicted molar refractivity (Wildman–Crippen MR) is 92.9 cm³/mol. The zero-order chi connectivity index (χ0) is 15.5. The molecule has 3 rings (SSSR count). The van der Waals surface area contributed by atoms with E-state index in [4.69, 9.17) is 5.73 Å². The quantitative estimate of drug-likeness (QED) is 0.930. The molecular formula is C17H23ClN4O. The van der Waals surface area contributed by atoms with Crippen molar-refractivity contribution in [3.63, 3.8) is 0 Å². The maximum atomic E-state index is 12.5. The molecule has 23 heavy (non-hydrogen) atoms. The first-order chi connectivity index (χ1) is 10.7. The molecule has 6 heteroatoms. The zero-order valence-corrected chi connectivity index (χ0v) is 14.1. The van der Waals surface area contributed by atoms with Gasteiger partial charge in [-0.05, 0) is 43.5 Å². The number of amides is 1. The third-order valence-corrected chi connectivity index (χ3v) is 4.33. The number of halogens is 1. The van der Waals surface area contributed by atoms with Crippen LogP contribution in [-0.4, -0.2) is 39.7 Å². The minimum Gasteiger partial charge on any atom is -0.339 e. The van der Waals surface area contributed by atoms with E-state index in [-0.39, 0.29) is 24.4 Å². The molecule has 124 valence electrons. The summed E-state index contributed by atoms with van der Waals surface area (Å²) in [5.74, 6) is 0.599. The Morgan fingerprint density at radius 1 is 1.35 bits per heavy atom. The van der Waals surface area contributed by atoms with Gasteiger partial charge in [-0.15, -0.1) is 12.4 Å². The standard InChI is InChI=1S/C17H22N4O.ClH/c1-13-7-14(9-18)11-20(13)17(22)8-15-10-19-21(12-15)16-5-3-2-4-6-16;/h2-6,10,12-14H,7-9,11,18H2,1H3;1H. The van der Waals surface area contributed by atoms with E-state index in [1.54, 1.807) is 10.9 Å². The smallest absolute Gasteiger partial charge is 0.227 e. The molecular weight excluding hydrogens is 312 g/mol. The van der Waals surface area contributed by atoms with Crippen LogP contribution in [0, 0.1) is 5.92 Å². The van der Waals surface area contributed by atoms with Gasteiger partial charge < -0.3 is 10.6 Å². The Kier molecular flexibility index (Phi) is 5.80. The topological polar surface area (TPSA) is 64.2 Å². The number of nitrogens with two attached hydrogens (primary N) is 1. The fraction of sp³-hybridized carbons (Fsp3) is 0.412. The molecule has 0 saturated carbocycles. The molecule has 2 unspecified atom stereocenters. The summed E-state index contributed by atoms with van der Waals surface area (Å²) in [6, 6.07) is 10.2. The van der Waals surface area contributed by atoms with Gasteiger partial charge in [0.2, 0.25) is 5.91 Å². The van der Waals surface area contributed by atoms with Gasteiger partial charge in [-0.3, -0.25) is 4.79 Å². The molecule has 1 amide bonds. The molecule has 0 radical (unpaired) electrons. The van der Waals surface area contributed by atoms with E-state index in [1.807, 2.05) is 41.4 Å². The highest BCUT2D eigenvalue weighted by atomic mass is 35.5. The van der Waals surface area contributed by atoms with Gasteiger partial charge in [-0.25, -0.2) is 4.68 Å². The molecule has 0 aliphatic carbocycles. The fourth-order valence-electron chi connectivity index (χ4n) is 3.11. The van der Waals surface area contributed by atoms with Crippen LogP contribution in [0.2, 0.25) is 0 Å². The minimum absolute atomic E-state index is 0. The summed E-state index contributed by atoms with van der Waals surface area (Å²) < 4.78 is 1.80. The van der Waals surface area contributed by atoms with E-state index in [0.29, 0.717) is 18.9 Å². The lowest BCUT2D eigenvalue weighted by atomic mass is 10.1. The maximum absolute atomic E-state index is 12.5. The van der Waals surface area contributed by atoms with E-state index in [9.17, 15) is 4.79 Å². The third-order valence-electron chi connectivity index (χ3n) is 4.33. The number of para-hydroxylation sites is 1. The first-order valence-electron chi connectivity index (χ1n) is 7.76. The zero-order valence-electron chi connectivity index (χ0n) is 13.3. The Balaban J connectivity index is 0.00000192. The van der Waals surface area contributed by atoms with Crippen molar-refractivity contribution in [2.24, 2.45) is 11.7 Å². The molecule has 2 heterocycles. The summed E-state index contributed by atoms with van der Waals surface area (Å²) in [7, 11) is 0. The third kappa shape index (κ3) is 3.92. The largest absolute Gasteiger partial charge is 0.339 e. The summed E-state index contributed by atoms with van der Waals surface area (Å²) in [6.45, 7) is 3.53. The average Bonchev–Trinajstić information content (AvgIpc) is 3.14. The Morgan fingerprint density at radius 3 is 2.74 bits per heavy atom. The molecule has 1 aromatic heterocycles. The number of aromatic nitrogens is 2. The van der Waals surface area contributed by atoms with Crippen molar-refractivity contribution in [2.45, 2.75) is 25.8 Å². The summed E-state index contributed by atoms with van der Waals surface area (Å²) in [6.07, 6.45) is 5.10. The first kappa shape index (κ1) is 17.5. The number of nitrogens with zero attached hydrogens (tertiary/aromatic N) is 3. The van der Waals surface area contributed by atoms with Crippen LogP contribution >= 0.6 is 12.4 Å². The van der Waals surface area contributed by atoms with Gasteiger partial charge >= 0.3 is 0 Å². The highest BCUT2D eigenvalue weighted by molar-refractivity contribution is 5.85. The number of carbonyl (C=O) groups is 1. The van der Waals surface area contributed by atoms with Crippen LogP contribution in [0.5, 0.6) is 0 Å². The van der Waals surface area contributed by atoms with E-state index >= 15 is 0 Å². The second-order valence-electron chi connectivity index (χ2n) is 6.04. The van der Waals surface area contributed by atoms with E-state index in [2.05, 4.69) is 12.0 Å². The van der Waals surface area contributed by atoms with E-state index in [0.717, 1.165) is 24.2 Å². The lowest BCUT2D eigenvalue weighted by Crippen LogP contribution is -2.35. The SMILES string of the molecule is CC1CC(CN)CN1C(=O)Cc1cnn(-c2ccccc2)c1.Cl. The predicted octanol–water partition coefficient (Wildman–Crippen LogP) is 2.03. The van der Waals surface area contributed by atoms with Crippen molar-refractivity contribution in [2.75, 3.05) is 13.1 Å². The monoisotopic (exact) mass is 334 g/mol. The highest BCUT2D eigenvalue weighted by Crippen LogP contribution is 2.23.